The number of hydrogen-bond acceptors (Lipinski definition) is 6. The molecule has 8 heteroatoms. The summed E-state index contributed by atoms with van der Waals surface area (Å²) < 4.78 is 10.9. The Morgan fingerprint density at radius 1 is 1.21 bits per heavy atom. The van der Waals surface area contributed by atoms with Crippen LogP contribution in [-0.4, -0.2) is 35.9 Å². The minimum Gasteiger partial charge on any atom is -0.454 e. The summed E-state index contributed by atoms with van der Waals surface area (Å²) in [6, 6.07) is 9.44. The maximum atomic E-state index is 12.9. The summed E-state index contributed by atoms with van der Waals surface area (Å²) in [5.74, 6) is 1.19. The van der Waals surface area contributed by atoms with Crippen molar-refractivity contribution in [3.8, 4) is 11.5 Å². The summed E-state index contributed by atoms with van der Waals surface area (Å²) >= 11 is 1.60. The summed E-state index contributed by atoms with van der Waals surface area (Å²) in [7, 11) is 0. The SMILES string of the molecule is O=C(NCC(=O)N1N=C(c2cccs2)C[C@H]1c1ccc2c(c1)OCO2)C1CC1. The second-order valence-corrected chi connectivity index (χ2v) is 8.03. The van der Waals surface area contributed by atoms with Gasteiger partial charge in [0.1, 0.15) is 0 Å². The fourth-order valence-electron chi connectivity index (χ4n) is 3.45. The summed E-state index contributed by atoms with van der Waals surface area (Å²) in [5.41, 5.74) is 1.81. The van der Waals surface area contributed by atoms with Crippen molar-refractivity contribution >= 4 is 28.9 Å². The third-order valence-corrected chi connectivity index (χ3v) is 6.03. The van der Waals surface area contributed by atoms with Gasteiger partial charge in [-0.05, 0) is 42.0 Å². The molecule has 2 aliphatic heterocycles. The average molecular weight is 397 g/mol. The molecule has 5 rings (SSSR count). The fourth-order valence-corrected chi connectivity index (χ4v) is 4.17. The predicted octanol–water partition coefficient (Wildman–Crippen LogP) is 2.68. The highest BCUT2D eigenvalue weighted by atomic mass is 32.1. The molecule has 0 spiro atoms. The number of carbonyl (C=O) groups is 2. The minimum absolute atomic E-state index is 0.0440. The van der Waals surface area contributed by atoms with Gasteiger partial charge < -0.3 is 14.8 Å². The normalized spacial score (nSPS) is 20.2. The van der Waals surface area contributed by atoms with Gasteiger partial charge in [-0.1, -0.05) is 12.1 Å². The Hall–Kier alpha value is -2.87. The molecule has 1 aromatic heterocycles. The summed E-state index contributed by atoms with van der Waals surface area (Å²) in [6.07, 6.45) is 2.43. The van der Waals surface area contributed by atoms with E-state index in [4.69, 9.17) is 9.47 Å². The monoisotopic (exact) mass is 397 g/mol. The number of benzene rings is 1. The van der Waals surface area contributed by atoms with Crippen molar-refractivity contribution in [2.45, 2.75) is 25.3 Å². The van der Waals surface area contributed by atoms with Crippen molar-refractivity contribution in [1.29, 1.82) is 0 Å². The van der Waals surface area contributed by atoms with Crippen molar-refractivity contribution < 1.29 is 19.1 Å². The van der Waals surface area contributed by atoms with Crippen LogP contribution in [0.15, 0.2) is 40.8 Å². The number of thiophene rings is 1. The molecule has 1 atom stereocenters. The van der Waals surface area contributed by atoms with E-state index in [-0.39, 0.29) is 37.1 Å². The van der Waals surface area contributed by atoms with Crippen molar-refractivity contribution in [2.24, 2.45) is 11.0 Å². The maximum absolute atomic E-state index is 12.9. The standard InChI is InChI=1S/C20H19N3O4S/c24-19(10-21-20(25)12-3-4-12)23-15(9-14(22-23)18-2-1-7-28-18)13-5-6-16-17(8-13)27-11-26-16/h1-2,5-8,12,15H,3-4,9-11H2,(H,21,25)/t15-/m0/s1. The van der Waals surface area contributed by atoms with Crippen LogP contribution in [0.3, 0.4) is 0 Å². The van der Waals surface area contributed by atoms with Crippen LogP contribution < -0.4 is 14.8 Å². The molecule has 1 fully saturated rings. The third kappa shape index (κ3) is 3.24. The highest BCUT2D eigenvalue weighted by molar-refractivity contribution is 7.12. The second kappa shape index (κ2) is 6.94. The Morgan fingerprint density at radius 3 is 2.86 bits per heavy atom. The molecule has 144 valence electrons. The summed E-state index contributed by atoms with van der Waals surface area (Å²) in [5, 5.41) is 10.8. The van der Waals surface area contributed by atoms with Crippen LogP contribution >= 0.6 is 11.3 Å². The van der Waals surface area contributed by atoms with Crippen molar-refractivity contribution in [3.05, 3.63) is 46.2 Å². The van der Waals surface area contributed by atoms with Gasteiger partial charge in [-0.3, -0.25) is 9.59 Å². The number of rotatable bonds is 5. The number of fused-ring (bicyclic) bond motifs is 1. The van der Waals surface area contributed by atoms with Gasteiger partial charge in [-0.25, -0.2) is 5.01 Å². The van der Waals surface area contributed by atoms with E-state index < -0.39 is 0 Å². The lowest BCUT2D eigenvalue weighted by molar-refractivity contribution is -0.134. The van der Waals surface area contributed by atoms with Crippen LogP contribution in [0, 0.1) is 5.92 Å². The largest absolute Gasteiger partial charge is 0.454 e. The van der Waals surface area contributed by atoms with Crippen LogP contribution in [0.5, 0.6) is 11.5 Å². The molecule has 2 aromatic rings. The van der Waals surface area contributed by atoms with Crippen LogP contribution in [-0.2, 0) is 9.59 Å². The zero-order valence-electron chi connectivity index (χ0n) is 15.1. The van der Waals surface area contributed by atoms with Gasteiger partial charge in [0, 0.05) is 12.3 Å². The lowest BCUT2D eigenvalue weighted by Gasteiger charge is -2.22. The smallest absolute Gasteiger partial charge is 0.262 e. The molecule has 28 heavy (non-hydrogen) atoms. The molecule has 3 aliphatic rings. The lowest BCUT2D eigenvalue weighted by Crippen LogP contribution is -2.38. The van der Waals surface area contributed by atoms with Gasteiger partial charge in [-0.2, -0.15) is 5.10 Å². The van der Waals surface area contributed by atoms with E-state index in [0.717, 1.165) is 29.0 Å². The Morgan fingerprint density at radius 2 is 2.07 bits per heavy atom. The van der Waals surface area contributed by atoms with Crippen molar-refractivity contribution in [2.75, 3.05) is 13.3 Å². The molecule has 0 unspecified atom stereocenters. The first-order chi connectivity index (χ1) is 13.7. The first kappa shape index (κ1) is 17.2. The lowest BCUT2D eigenvalue weighted by atomic mass is 10.0. The number of amides is 2. The van der Waals surface area contributed by atoms with Crippen LogP contribution in [0.1, 0.15) is 35.7 Å². The second-order valence-electron chi connectivity index (χ2n) is 7.09. The van der Waals surface area contributed by atoms with E-state index in [2.05, 4.69) is 10.4 Å². The minimum atomic E-state index is -0.239. The maximum Gasteiger partial charge on any atom is 0.262 e. The Kier molecular flexibility index (Phi) is 4.27. The highest BCUT2D eigenvalue weighted by Crippen LogP contribution is 2.39. The number of ether oxygens (including phenoxy) is 2. The molecule has 1 aromatic carbocycles. The molecule has 1 aliphatic carbocycles. The van der Waals surface area contributed by atoms with E-state index in [0.29, 0.717) is 17.9 Å². The Bertz CT molecular complexity index is 952. The van der Waals surface area contributed by atoms with E-state index in [9.17, 15) is 9.59 Å². The highest BCUT2D eigenvalue weighted by Gasteiger charge is 2.35. The Labute approximate surface area is 165 Å². The van der Waals surface area contributed by atoms with Gasteiger partial charge in [0.15, 0.2) is 11.5 Å². The number of hydrazone groups is 1. The van der Waals surface area contributed by atoms with Gasteiger partial charge in [-0.15, -0.1) is 11.3 Å². The Balaban J connectivity index is 1.39. The number of nitrogens with zero attached hydrogens (tertiary/aromatic N) is 2. The third-order valence-electron chi connectivity index (χ3n) is 5.11. The van der Waals surface area contributed by atoms with Gasteiger partial charge >= 0.3 is 0 Å². The van der Waals surface area contributed by atoms with E-state index in [1.54, 1.807) is 11.3 Å². The first-order valence-electron chi connectivity index (χ1n) is 9.30. The van der Waals surface area contributed by atoms with E-state index in [1.807, 2.05) is 35.7 Å². The molecule has 0 bridgehead atoms. The number of nitrogens with one attached hydrogen (secondary N) is 1. The topological polar surface area (TPSA) is 80.2 Å². The van der Waals surface area contributed by atoms with Gasteiger partial charge in [0.05, 0.1) is 23.2 Å². The molecular formula is C20H19N3O4S. The fraction of sp³-hybridized carbons (Fsp3) is 0.350. The van der Waals surface area contributed by atoms with Crippen molar-refractivity contribution in [1.82, 2.24) is 10.3 Å². The molecule has 1 N–H and O–H groups in total. The molecule has 0 saturated heterocycles. The quantitative estimate of drug-likeness (QED) is 0.841. The first-order valence-corrected chi connectivity index (χ1v) is 10.2. The molecule has 2 amide bonds. The summed E-state index contributed by atoms with van der Waals surface area (Å²) in [6.45, 7) is 0.161. The van der Waals surface area contributed by atoms with Crippen molar-refractivity contribution in [3.63, 3.8) is 0 Å². The van der Waals surface area contributed by atoms with Gasteiger partial charge in [0.25, 0.3) is 5.91 Å². The molecule has 1 saturated carbocycles. The molecule has 3 heterocycles. The number of hydrogen-bond donors (Lipinski definition) is 1. The van der Waals surface area contributed by atoms with E-state index >= 15 is 0 Å². The molecular weight excluding hydrogens is 378 g/mol. The van der Waals surface area contributed by atoms with Crippen LogP contribution in [0.25, 0.3) is 0 Å². The average Bonchev–Trinajstić information content (AvgIpc) is 3.13. The zero-order chi connectivity index (χ0) is 19.1. The van der Waals surface area contributed by atoms with Gasteiger partial charge in [0.2, 0.25) is 12.7 Å². The van der Waals surface area contributed by atoms with E-state index in [1.165, 1.54) is 5.01 Å². The predicted molar refractivity (Wildman–Crippen MR) is 103 cm³/mol. The number of carbonyl (C=O) groups excluding carboxylic acids is 2. The zero-order valence-corrected chi connectivity index (χ0v) is 15.9. The van der Waals surface area contributed by atoms with Crippen LogP contribution in [0.4, 0.5) is 0 Å². The molecule has 7 nitrogen and oxygen atoms in total. The molecule has 0 radical (unpaired) electrons. The summed E-state index contributed by atoms with van der Waals surface area (Å²) in [4.78, 5) is 25.8. The van der Waals surface area contributed by atoms with Crippen LogP contribution in [0.2, 0.25) is 0 Å².